The van der Waals surface area contributed by atoms with E-state index in [-0.39, 0.29) is 12.1 Å². The number of nitrogens with two attached hydrogens (primary N) is 2. The molecular formula is C25H32N4O2. The Morgan fingerprint density at radius 1 is 1.00 bits per heavy atom. The molecule has 0 saturated carbocycles. The maximum atomic E-state index is 7.03. The summed E-state index contributed by atoms with van der Waals surface area (Å²) in [5.74, 6) is 1.64. The highest BCUT2D eigenvalue weighted by atomic mass is 16.5. The first-order valence-corrected chi connectivity index (χ1v) is 10.6. The minimum absolute atomic E-state index is 0.126. The zero-order chi connectivity index (χ0) is 22.3. The summed E-state index contributed by atoms with van der Waals surface area (Å²) in [4.78, 5) is 0. The van der Waals surface area contributed by atoms with Gasteiger partial charge >= 0.3 is 0 Å². The Morgan fingerprint density at radius 3 is 2.29 bits per heavy atom. The van der Waals surface area contributed by atoms with Crippen molar-refractivity contribution in [2.24, 2.45) is 11.5 Å². The topological polar surface area (TPSA) is 80.4 Å². The molecule has 2 unspecified atom stereocenters. The SMILES string of the molecule is COc1ccc2ccn(C[C@@](C)(N)C(C(C)N)n3cc(C)c4ccc(OC)cc43)c2c1. The predicted molar refractivity (Wildman–Crippen MR) is 127 cm³/mol. The number of hydrogen-bond donors (Lipinski definition) is 2. The summed E-state index contributed by atoms with van der Waals surface area (Å²) in [6.45, 7) is 6.82. The number of ether oxygens (including phenoxy) is 2. The van der Waals surface area contributed by atoms with E-state index in [1.54, 1.807) is 14.2 Å². The highest BCUT2D eigenvalue weighted by Gasteiger charge is 2.36. The van der Waals surface area contributed by atoms with Gasteiger partial charge < -0.3 is 30.1 Å². The van der Waals surface area contributed by atoms with Gasteiger partial charge in [-0.3, -0.25) is 0 Å². The van der Waals surface area contributed by atoms with Gasteiger partial charge in [0.1, 0.15) is 11.5 Å². The molecule has 3 atom stereocenters. The number of rotatable bonds is 7. The maximum absolute atomic E-state index is 7.03. The van der Waals surface area contributed by atoms with Gasteiger partial charge in [0.2, 0.25) is 0 Å². The van der Waals surface area contributed by atoms with E-state index in [2.05, 4.69) is 59.6 Å². The average molecular weight is 421 g/mol. The maximum Gasteiger partial charge on any atom is 0.120 e. The molecule has 0 radical (unpaired) electrons. The first-order chi connectivity index (χ1) is 14.7. The molecule has 4 aromatic rings. The summed E-state index contributed by atoms with van der Waals surface area (Å²) in [6, 6.07) is 14.0. The van der Waals surface area contributed by atoms with E-state index >= 15 is 0 Å². The molecule has 0 amide bonds. The van der Waals surface area contributed by atoms with Crippen molar-refractivity contribution in [1.82, 2.24) is 9.13 Å². The molecule has 4 rings (SSSR count). The second-order valence-electron chi connectivity index (χ2n) is 8.78. The van der Waals surface area contributed by atoms with E-state index in [1.165, 1.54) is 10.9 Å². The Kier molecular flexibility index (Phi) is 5.45. The van der Waals surface area contributed by atoms with Crippen LogP contribution >= 0.6 is 0 Å². The highest BCUT2D eigenvalue weighted by Crippen LogP contribution is 2.34. The van der Waals surface area contributed by atoms with Gasteiger partial charge in [-0.2, -0.15) is 0 Å². The molecule has 0 fully saturated rings. The van der Waals surface area contributed by atoms with Crippen LogP contribution in [0.15, 0.2) is 54.9 Å². The summed E-state index contributed by atoms with van der Waals surface area (Å²) in [5, 5.41) is 2.33. The van der Waals surface area contributed by atoms with Crippen molar-refractivity contribution >= 4 is 21.8 Å². The van der Waals surface area contributed by atoms with E-state index in [0.717, 1.165) is 27.9 Å². The summed E-state index contributed by atoms with van der Waals surface area (Å²) >= 11 is 0. The monoisotopic (exact) mass is 420 g/mol. The summed E-state index contributed by atoms with van der Waals surface area (Å²) in [7, 11) is 3.37. The second kappa shape index (κ2) is 7.94. The van der Waals surface area contributed by atoms with Crippen LogP contribution in [0, 0.1) is 6.92 Å². The smallest absolute Gasteiger partial charge is 0.120 e. The molecule has 4 N–H and O–H groups in total. The van der Waals surface area contributed by atoms with Crippen molar-refractivity contribution in [3.05, 3.63) is 60.4 Å². The molecule has 6 nitrogen and oxygen atoms in total. The van der Waals surface area contributed by atoms with E-state index in [4.69, 9.17) is 20.9 Å². The lowest BCUT2D eigenvalue weighted by molar-refractivity contribution is 0.237. The van der Waals surface area contributed by atoms with Crippen molar-refractivity contribution in [2.75, 3.05) is 14.2 Å². The number of nitrogens with zero attached hydrogens (tertiary/aromatic N) is 2. The quantitative estimate of drug-likeness (QED) is 0.469. The Morgan fingerprint density at radius 2 is 1.65 bits per heavy atom. The number of aryl methyl sites for hydroxylation is 1. The van der Waals surface area contributed by atoms with Crippen LogP contribution in [0.5, 0.6) is 11.5 Å². The van der Waals surface area contributed by atoms with Crippen molar-refractivity contribution in [3.63, 3.8) is 0 Å². The van der Waals surface area contributed by atoms with Crippen molar-refractivity contribution < 1.29 is 9.47 Å². The van der Waals surface area contributed by atoms with E-state index in [9.17, 15) is 0 Å². The minimum atomic E-state index is -0.620. The van der Waals surface area contributed by atoms with Gasteiger partial charge in [-0.15, -0.1) is 0 Å². The predicted octanol–water partition coefficient (Wildman–Crippen LogP) is 4.23. The third-order valence-electron chi connectivity index (χ3n) is 6.21. The molecule has 0 aliphatic heterocycles. The lowest BCUT2D eigenvalue weighted by atomic mass is 9.88. The average Bonchev–Trinajstić information content (AvgIpc) is 3.27. The number of fused-ring (bicyclic) bond motifs is 2. The fourth-order valence-corrected chi connectivity index (χ4v) is 4.82. The van der Waals surface area contributed by atoms with Crippen LogP contribution < -0.4 is 20.9 Å². The van der Waals surface area contributed by atoms with Gasteiger partial charge in [0, 0.05) is 42.5 Å². The zero-order valence-electron chi connectivity index (χ0n) is 18.9. The largest absolute Gasteiger partial charge is 0.497 e. The molecule has 6 heteroatoms. The van der Waals surface area contributed by atoms with Crippen LogP contribution in [-0.4, -0.2) is 34.9 Å². The molecule has 0 bridgehead atoms. The number of benzene rings is 2. The molecule has 0 aliphatic carbocycles. The van der Waals surface area contributed by atoms with E-state index in [1.807, 2.05) is 25.1 Å². The Bertz CT molecular complexity index is 1220. The van der Waals surface area contributed by atoms with E-state index in [0.29, 0.717) is 6.54 Å². The first kappa shape index (κ1) is 21.3. The normalized spacial score (nSPS) is 15.7. The van der Waals surface area contributed by atoms with Crippen LogP contribution in [0.1, 0.15) is 25.5 Å². The highest BCUT2D eigenvalue weighted by molar-refractivity contribution is 5.85. The van der Waals surface area contributed by atoms with Crippen molar-refractivity contribution in [1.29, 1.82) is 0 Å². The summed E-state index contributed by atoms with van der Waals surface area (Å²) < 4.78 is 15.3. The van der Waals surface area contributed by atoms with Crippen LogP contribution in [0.25, 0.3) is 21.8 Å². The lowest BCUT2D eigenvalue weighted by Gasteiger charge is -2.39. The third-order valence-corrected chi connectivity index (χ3v) is 6.21. The molecule has 0 aliphatic rings. The van der Waals surface area contributed by atoms with Crippen molar-refractivity contribution in [3.8, 4) is 11.5 Å². The third kappa shape index (κ3) is 3.77. The number of aromatic nitrogens is 2. The van der Waals surface area contributed by atoms with Crippen LogP contribution in [0.4, 0.5) is 0 Å². The number of methoxy groups -OCH3 is 2. The Hall–Kier alpha value is -2.96. The van der Waals surface area contributed by atoms with Gasteiger partial charge in [0.15, 0.2) is 0 Å². The molecule has 2 heterocycles. The molecule has 2 aromatic carbocycles. The summed E-state index contributed by atoms with van der Waals surface area (Å²) in [5.41, 5.74) is 16.3. The van der Waals surface area contributed by atoms with Crippen LogP contribution in [0.3, 0.4) is 0 Å². The van der Waals surface area contributed by atoms with Crippen LogP contribution in [-0.2, 0) is 6.54 Å². The fraction of sp³-hybridized carbons (Fsp3) is 0.360. The lowest BCUT2D eigenvalue weighted by Crippen LogP contribution is -2.54. The zero-order valence-corrected chi connectivity index (χ0v) is 18.9. The second-order valence-corrected chi connectivity index (χ2v) is 8.78. The van der Waals surface area contributed by atoms with Gasteiger partial charge in [0.25, 0.3) is 0 Å². The Balaban J connectivity index is 1.79. The molecule has 2 aromatic heterocycles. The molecular weight excluding hydrogens is 388 g/mol. The molecule has 0 saturated heterocycles. The van der Waals surface area contributed by atoms with Gasteiger partial charge in [-0.25, -0.2) is 0 Å². The number of hydrogen-bond acceptors (Lipinski definition) is 4. The van der Waals surface area contributed by atoms with Gasteiger partial charge in [0.05, 0.1) is 36.8 Å². The first-order valence-electron chi connectivity index (χ1n) is 10.6. The minimum Gasteiger partial charge on any atom is -0.497 e. The molecule has 164 valence electrons. The fourth-order valence-electron chi connectivity index (χ4n) is 4.82. The molecule has 0 spiro atoms. The van der Waals surface area contributed by atoms with Gasteiger partial charge in [-0.05, 0) is 62.1 Å². The Labute approximate surface area is 183 Å². The van der Waals surface area contributed by atoms with Crippen LogP contribution in [0.2, 0.25) is 0 Å². The molecule has 31 heavy (non-hydrogen) atoms. The van der Waals surface area contributed by atoms with Gasteiger partial charge in [-0.1, -0.05) is 0 Å². The summed E-state index contributed by atoms with van der Waals surface area (Å²) in [6.07, 6.45) is 4.23. The van der Waals surface area contributed by atoms with E-state index < -0.39 is 5.54 Å². The van der Waals surface area contributed by atoms with Crippen molar-refractivity contribution in [2.45, 2.75) is 44.9 Å². The standard InChI is InChI=1S/C25H32N4O2/c1-16-14-29(23-13-20(31-5)8-9-21(16)23)24(17(2)26)25(3,27)15-28-11-10-18-6-7-19(30-4)12-22(18)28/h6-14,17,24H,15,26-27H2,1-5H3/t17?,24?,25-/m1/s1.